The lowest BCUT2D eigenvalue weighted by Gasteiger charge is -2.03. The largest absolute Gasteiger partial charge is 0.478 e. The van der Waals surface area contributed by atoms with E-state index in [4.69, 9.17) is 21.4 Å². The number of fused-ring (bicyclic) bond motifs is 1. The Balaban J connectivity index is 2.27. The number of aryl methyl sites for hydroxylation is 1. The van der Waals surface area contributed by atoms with E-state index in [9.17, 15) is 4.79 Å². The molecule has 0 bridgehead atoms. The summed E-state index contributed by atoms with van der Waals surface area (Å²) in [6, 6.07) is 1.37. The summed E-state index contributed by atoms with van der Waals surface area (Å²) in [4.78, 5) is 11.0. The SMILES string of the molecule is CCOCCCc1nnc2c(Cl)cc(C(=O)O)cn12. The van der Waals surface area contributed by atoms with Gasteiger partial charge in [0.1, 0.15) is 5.82 Å². The second-order valence-corrected chi connectivity index (χ2v) is 4.40. The zero-order valence-corrected chi connectivity index (χ0v) is 11.2. The molecule has 19 heavy (non-hydrogen) atoms. The first-order valence-electron chi connectivity index (χ1n) is 5.97. The van der Waals surface area contributed by atoms with Gasteiger partial charge in [-0.2, -0.15) is 0 Å². The minimum absolute atomic E-state index is 0.114. The van der Waals surface area contributed by atoms with Gasteiger partial charge in [0.15, 0.2) is 5.65 Å². The summed E-state index contributed by atoms with van der Waals surface area (Å²) in [5, 5.41) is 17.3. The van der Waals surface area contributed by atoms with Gasteiger partial charge < -0.3 is 9.84 Å². The van der Waals surface area contributed by atoms with Gasteiger partial charge in [0.05, 0.1) is 10.6 Å². The van der Waals surface area contributed by atoms with E-state index in [-0.39, 0.29) is 10.6 Å². The van der Waals surface area contributed by atoms with E-state index in [1.165, 1.54) is 12.3 Å². The predicted molar refractivity (Wildman–Crippen MR) is 69.8 cm³/mol. The first-order chi connectivity index (χ1) is 9.13. The summed E-state index contributed by atoms with van der Waals surface area (Å²) in [6.07, 6.45) is 2.93. The molecule has 0 saturated carbocycles. The minimum atomic E-state index is -1.03. The summed E-state index contributed by atoms with van der Waals surface area (Å²) in [5.41, 5.74) is 0.585. The van der Waals surface area contributed by atoms with Crippen LogP contribution in [0.1, 0.15) is 29.5 Å². The highest BCUT2D eigenvalue weighted by atomic mass is 35.5. The van der Waals surface area contributed by atoms with Crippen molar-refractivity contribution in [2.45, 2.75) is 19.8 Å². The fourth-order valence-corrected chi connectivity index (χ4v) is 2.01. The van der Waals surface area contributed by atoms with Gasteiger partial charge in [-0.05, 0) is 19.4 Å². The normalized spacial score (nSPS) is 11.1. The van der Waals surface area contributed by atoms with Crippen LogP contribution < -0.4 is 0 Å². The molecule has 0 aromatic carbocycles. The topological polar surface area (TPSA) is 76.7 Å². The number of ether oxygens (including phenoxy) is 1. The molecule has 102 valence electrons. The first-order valence-corrected chi connectivity index (χ1v) is 6.35. The number of hydrogen-bond acceptors (Lipinski definition) is 4. The van der Waals surface area contributed by atoms with Crippen molar-refractivity contribution >= 4 is 23.2 Å². The molecule has 0 aliphatic carbocycles. The number of pyridine rings is 1. The van der Waals surface area contributed by atoms with Crippen LogP contribution in [0.3, 0.4) is 0 Å². The Labute approximate surface area is 115 Å². The van der Waals surface area contributed by atoms with Gasteiger partial charge >= 0.3 is 5.97 Å². The van der Waals surface area contributed by atoms with Crippen LogP contribution in [0.2, 0.25) is 5.02 Å². The number of carboxylic acids is 1. The zero-order chi connectivity index (χ0) is 13.8. The smallest absolute Gasteiger partial charge is 0.337 e. The van der Waals surface area contributed by atoms with Crippen LogP contribution in [0, 0.1) is 0 Å². The third-order valence-electron chi connectivity index (χ3n) is 2.67. The number of carbonyl (C=O) groups is 1. The van der Waals surface area contributed by atoms with Gasteiger partial charge in [0, 0.05) is 25.8 Å². The number of aromatic carboxylic acids is 1. The van der Waals surface area contributed by atoms with Gasteiger partial charge in [-0.15, -0.1) is 10.2 Å². The van der Waals surface area contributed by atoms with Crippen molar-refractivity contribution in [3.8, 4) is 0 Å². The van der Waals surface area contributed by atoms with Crippen LogP contribution >= 0.6 is 11.6 Å². The lowest BCUT2D eigenvalue weighted by Crippen LogP contribution is -2.03. The number of halogens is 1. The molecular weight excluding hydrogens is 270 g/mol. The molecule has 0 atom stereocenters. The second kappa shape index (κ2) is 5.99. The van der Waals surface area contributed by atoms with Crippen LogP contribution in [0.4, 0.5) is 0 Å². The van der Waals surface area contributed by atoms with E-state index in [1.54, 1.807) is 4.40 Å². The van der Waals surface area contributed by atoms with Crippen LogP contribution in [0.25, 0.3) is 5.65 Å². The lowest BCUT2D eigenvalue weighted by atomic mass is 10.2. The van der Waals surface area contributed by atoms with Crippen molar-refractivity contribution < 1.29 is 14.6 Å². The monoisotopic (exact) mass is 283 g/mol. The molecule has 0 amide bonds. The van der Waals surface area contributed by atoms with E-state index >= 15 is 0 Å². The third kappa shape index (κ3) is 3.02. The maximum Gasteiger partial charge on any atom is 0.337 e. The summed E-state index contributed by atoms with van der Waals surface area (Å²) < 4.78 is 6.87. The lowest BCUT2D eigenvalue weighted by molar-refractivity contribution is 0.0696. The van der Waals surface area contributed by atoms with Crippen molar-refractivity contribution in [3.63, 3.8) is 0 Å². The molecule has 2 aromatic rings. The van der Waals surface area contributed by atoms with Gasteiger partial charge in [0.25, 0.3) is 0 Å². The Hall–Kier alpha value is -1.66. The van der Waals surface area contributed by atoms with Gasteiger partial charge in [-0.1, -0.05) is 11.6 Å². The van der Waals surface area contributed by atoms with Crippen molar-refractivity contribution in [3.05, 3.63) is 28.7 Å². The standard InChI is InChI=1S/C12H14ClN3O3/c1-2-19-5-3-4-10-14-15-11-9(13)6-8(12(17)18)7-16(10)11/h6-7H,2-5H2,1H3,(H,17,18). The second-order valence-electron chi connectivity index (χ2n) is 3.99. The predicted octanol–water partition coefficient (Wildman–Crippen LogP) is 2.05. The average molecular weight is 284 g/mol. The van der Waals surface area contributed by atoms with E-state index in [0.717, 1.165) is 6.42 Å². The highest BCUT2D eigenvalue weighted by molar-refractivity contribution is 6.33. The van der Waals surface area contributed by atoms with Crippen molar-refractivity contribution in [2.24, 2.45) is 0 Å². The highest BCUT2D eigenvalue weighted by Crippen LogP contribution is 2.19. The minimum Gasteiger partial charge on any atom is -0.478 e. The Bertz CT molecular complexity index is 597. The fourth-order valence-electron chi connectivity index (χ4n) is 1.76. The molecule has 1 N–H and O–H groups in total. The summed E-state index contributed by atoms with van der Waals surface area (Å²) in [7, 11) is 0. The van der Waals surface area contributed by atoms with Gasteiger partial charge in [-0.3, -0.25) is 4.40 Å². The van der Waals surface area contributed by atoms with E-state index in [1.807, 2.05) is 6.92 Å². The Kier molecular flexibility index (Phi) is 4.34. The number of rotatable bonds is 6. The molecule has 2 aromatic heterocycles. The van der Waals surface area contributed by atoms with Gasteiger partial charge in [0.2, 0.25) is 0 Å². The summed E-state index contributed by atoms with van der Waals surface area (Å²) in [5.74, 6) is -0.350. The first kappa shape index (κ1) is 13.8. The molecule has 0 aliphatic heterocycles. The van der Waals surface area contributed by atoms with Crippen molar-refractivity contribution in [2.75, 3.05) is 13.2 Å². The van der Waals surface area contributed by atoms with Crippen molar-refractivity contribution in [1.29, 1.82) is 0 Å². The highest BCUT2D eigenvalue weighted by Gasteiger charge is 2.13. The van der Waals surface area contributed by atoms with Gasteiger partial charge in [-0.25, -0.2) is 4.79 Å². The van der Waals surface area contributed by atoms with Crippen LogP contribution in [-0.2, 0) is 11.2 Å². The number of carboxylic acid groups (broad SMARTS) is 1. The number of aromatic nitrogens is 3. The molecule has 6 nitrogen and oxygen atoms in total. The van der Waals surface area contributed by atoms with Crippen LogP contribution in [0.5, 0.6) is 0 Å². The molecule has 0 saturated heterocycles. The maximum absolute atomic E-state index is 11.0. The van der Waals surface area contributed by atoms with Crippen molar-refractivity contribution in [1.82, 2.24) is 14.6 Å². The molecule has 7 heteroatoms. The summed E-state index contributed by atoms with van der Waals surface area (Å²) >= 11 is 5.99. The van der Waals surface area contributed by atoms with E-state index in [0.29, 0.717) is 31.1 Å². The molecule has 0 unspecified atom stereocenters. The Morgan fingerprint density at radius 2 is 2.32 bits per heavy atom. The molecular formula is C12H14ClN3O3. The molecule has 0 radical (unpaired) electrons. The Morgan fingerprint density at radius 3 is 3.00 bits per heavy atom. The number of hydrogen-bond donors (Lipinski definition) is 1. The average Bonchev–Trinajstić information content (AvgIpc) is 2.78. The number of nitrogens with zero attached hydrogens (tertiary/aromatic N) is 3. The third-order valence-corrected chi connectivity index (χ3v) is 2.95. The molecule has 0 spiro atoms. The molecule has 0 fully saturated rings. The van der Waals surface area contributed by atoms with E-state index in [2.05, 4.69) is 10.2 Å². The quantitative estimate of drug-likeness (QED) is 0.821. The molecule has 0 aliphatic rings. The molecule has 2 rings (SSSR count). The van der Waals surface area contributed by atoms with Crippen LogP contribution in [-0.4, -0.2) is 38.9 Å². The Morgan fingerprint density at radius 1 is 1.53 bits per heavy atom. The fraction of sp³-hybridized carbons (Fsp3) is 0.417. The maximum atomic E-state index is 11.0. The summed E-state index contributed by atoms with van der Waals surface area (Å²) in [6.45, 7) is 3.25. The van der Waals surface area contributed by atoms with E-state index < -0.39 is 5.97 Å². The zero-order valence-electron chi connectivity index (χ0n) is 10.5. The van der Waals surface area contributed by atoms with Crippen LogP contribution in [0.15, 0.2) is 12.3 Å². The molecule has 2 heterocycles.